The molecule has 4 aromatic carbocycles. The van der Waals surface area contributed by atoms with Gasteiger partial charge in [-0.1, -0.05) is 66.7 Å². The second kappa shape index (κ2) is 7.11. The topological polar surface area (TPSA) is 32.3 Å². The number of benzene rings is 4. The molecule has 0 saturated carbocycles. The van der Waals surface area contributed by atoms with Crippen LogP contribution in [-0.4, -0.2) is 6.03 Å². The van der Waals surface area contributed by atoms with Gasteiger partial charge in [0.2, 0.25) is 0 Å². The Morgan fingerprint density at radius 1 is 0.615 bits per heavy atom. The van der Waals surface area contributed by atoms with Gasteiger partial charge in [-0.25, -0.2) is 4.79 Å². The summed E-state index contributed by atoms with van der Waals surface area (Å²) in [6.45, 7) is 0. The molecule has 26 heavy (non-hydrogen) atoms. The molecule has 0 aliphatic heterocycles. The normalized spacial score (nSPS) is 10.5. The van der Waals surface area contributed by atoms with Crippen molar-refractivity contribution in [2.75, 3.05) is 10.2 Å². The molecular formula is C23H18N2O. The maximum atomic E-state index is 13.1. The first kappa shape index (κ1) is 15.9. The predicted molar refractivity (Wildman–Crippen MR) is 108 cm³/mol. The minimum Gasteiger partial charge on any atom is -0.307 e. The molecule has 0 radical (unpaired) electrons. The molecule has 3 heteroatoms. The summed E-state index contributed by atoms with van der Waals surface area (Å²) in [6, 6.07) is 33.1. The van der Waals surface area contributed by atoms with Crippen molar-refractivity contribution in [1.29, 1.82) is 0 Å². The van der Waals surface area contributed by atoms with Crippen LogP contribution in [-0.2, 0) is 0 Å². The molecule has 2 amide bonds. The summed E-state index contributed by atoms with van der Waals surface area (Å²) in [4.78, 5) is 14.7. The molecule has 1 N–H and O–H groups in total. The molecule has 0 spiro atoms. The third-order valence-electron chi connectivity index (χ3n) is 4.23. The zero-order valence-corrected chi connectivity index (χ0v) is 14.2. The molecule has 0 saturated heterocycles. The van der Waals surface area contributed by atoms with E-state index in [9.17, 15) is 4.79 Å². The molecule has 3 nitrogen and oxygen atoms in total. The van der Waals surface area contributed by atoms with Crippen molar-refractivity contribution in [1.82, 2.24) is 0 Å². The van der Waals surface area contributed by atoms with Crippen LogP contribution >= 0.6 is 0 Å². The number of urea groups is 1. The molecular weight excluding hydrogens is 320 g/mol. The third-order valence-corrected chi connectivity index (χ3v) is 4.23. The van der Waals surface area contributed by atoms with Gasteiger partial charge in [-0.05, 0) is 47.2 Å². The quantitative estimate of drug-likeness (QED) is 0.473. The lowest BCUT2D eigenvalue weighted by atomic mass is 10.1. The smallest absolute Gasteiger partial charge is 0.307 e. The highest BCUT2D eigenvalue weighted by Gasteiger charge is 2.17. The Bertz CT molecular complexity index is 990. The first-order valence-corrected chi connectivity index (χ1v) is 8.51. The fraction of sp³-hybridized carbons (Fsp3) is 0. The first-order valence-electron chi connectivity index (χ1n) is 8.51. The van der Waals surface area contributed by atoms with E-state index in [0.29, 0.717) is 0 Å². The summed E-state index contributed by atoms with van der Waals surface area (Å²) in [7, 11) is 0. The number of anilines is 3. The van der Waals surface area contributed by atoms with Crippen LogP contribution in [0.4, 0.5) is 21.9 Å². The van der Waals surface area contributed by atoms with Crippen molar-refractivity contribution in [3.8, 4) is 0 Å². The van der Waals surface area contributed by atoms with Crippen LogP contribution in [0.5, 0.6) is 0 Å². The van der Waals surface area contributed by atoms with Crippen molar-refractivity contribution in [2.24, 2.45) is 0 Å². The molecule has 4 aromatic rings. The van der Waals surface area contributed by atoms with Crippen LogP contribution in [0.25, 0.3) is 10.8 Å². The highest BCUT2D eigenvalue weighted by atomic mass is 16.2. The van der Waals surface area contributed by atoms with E-state index >= 15 is 0 Å². The predicted octanol–water partition coefficient (Wildman–Crippen LogP) is 6.21. The van der Waals surface area contributed by atoms with E-state index in [1.807, 2.05) is 97.1 Å². The van der Waals surface area contributed by atoms with Gasteiger partial charge in [0.25, 0.3) is 0 Å². The highest BCUT2D eigenvalue weighted by Crippen LogP contribution is 2.26. The second-order valence-corrected chi connectivity index (χ2v) is 6.00. The van der Waals surface area contributed by atoms with Gasteiger partial charge in [-0.15, -0.1) is 0 Å². The SMILES string of the molecule is O=C(Nc1ccc2ccccc2c1)N(c1ccccc1)c1ccccc1. The minimum atomic E-state index is -0.197. The lowest BCUT2D eigenvalue weighted by molar-refractivity contribution is 0.259. The number of hydrogen-bond acceptors (Lipinski definition) is 1. The molecule has 4 rings (SSSR count). The van der Waals surface area contributed by atoms with Crippen LogP contribution in [0.15, 0.2) is 103 Å². The average molecular weight is 338 g/mol. The molecule has 126 valence electrons. The van der Waals surface area contributed by atoms with Crippen LogP contribution in [0.2, 0.25) is 0 Å². The van der Waals surface area contributed by atoms with Gasteiger partial charge >= 0.3 is 6.03 Å². The highest BCUT2D eigenvalue weighted by molar-refractivity contribution is 6.07. The molecule has 0 aromatic heterocycles. The monoisotopic (exact) mass is 338 g/mol. The largest absolute Gasteiger partial charge is 0.330 e. The zero-order chi connectivity index (χ0) is 17.8. The minimum absolute atomic E-state index is 0.197. The maximum Gasteiger partial charge on any atom is 0.330 e. The summed E-state index contributed by atoms with van der Waals surface area (Å²) in [5, 5.41) is 5.26. The van der Waals surface area contributed by atoms with Gasteiger partial charge in [0, 0.05) is 5.69 Å². The molecule has 0 bridgehead atoms. The standard InChI is InChI=1S/C23H18N2O/c26-23(24-20-16-15-18-9-7-8-10-19(18)17-20)25(21-11-3-1-4-12-21)22-13-5-2-6-14-22/h1-17H,(H,24,26). The number of rotatable bonds is 3. The Balaban J connectivity index is 1.68. The van der Waals surface area contributed by atoms with Gasteiger partial charge in [-0.2, -0.15) is 0 Å². The molecule has 0 fully saturated rings. The lowest BCUT2D eigenvalue weighted by Crippen LogP contribution is -2.30. The van der Waals surface area contributed by atoms with Crippen molar-refractivity contribution in [3.05, 3.63) is 103 Å². The fourth-order valence-corrected chi connectivity index (χ4v) is 2.98. The first-order chi connectivity index (χ1) is 12.8. The number of carbonyl (C=O) groups excluding carboxylic acids is 1. The van der Waals surface area contributed by atoms with Crippen LogP contribution in [0, 0.1) is 0 Å². The number of hydrogen-bond donors (Lipinski definition) is 1. The van der Waals surface area contributed by atoms with Crippen molar-refractivity contribution in [3.63, 3.8) is 0 Å². The number of nitrogens with zero attached hydrogens (tertiary/aromatic N) is 1. The molecule has 0 atom stereocenters. The Hall–Kier alpha value is -3.59. The Morgan fingerprint density at radius 2 is 1.15 bits per heavy atom. The van der Waals surface area contributed by atoms with Crippen molar-refractivity contribution in [2.45, 2.75) is 0 Å². The second-order valence-electron chi connectivity index (χ2n) is 6.00. The van der Waals surface area contributed by atoms with E-state index in [1.54, 1.807) is 4.90 Å². The molecule has 0 aliphatic carbocycles. The number of fused-ring (bicyclic) bond motifs is 1. The summed E-state index contributed by atoms with van der Waals surface area (Å²) in [5.41, 5.74) is 2.40. The Labute approximate surface area is 152 Å². The van der Waals surface area contributed by atoms with Gasteiger partial charge in [0.1, 0.15) is 0 Å². The van der Waals surface area contributed by atoms with Crippen LogP contribution in [0.3, 0.4) is 0 Å². The third kappa shape index (κ3) is 3.28. The van der Waals surface area contributed by atoms with Gasteiger partial charge in [0.15, 0.2) is 0 Å². The Kier molecular flexibility index (Phi) is 4.35. The average Bonchev–Trinajstić information content (AvgIpc) is 2.70. The summed E-state index contributed by atoms with van der Waals surface area (Å²) >= 11 is 0. The lowest BCUT2D eigenvalue weighted by Gasteiger charge is -2.23. The van der Waals surface area contributed by atoms with Gasteiger partial charge in [-0.3, -0.25) is 4.90 Å². The zero-order valence-electron chi connectivity index (χ0n) is 14.2. The maximum absolute atomic E-state index is 13.1. The number of para-hydroxylation sites is 2. The van der Waals surface area contributed by atoms with Gasteiger partial charge < -0.3 is 5.32 Å². The number of amides is 2. The van der Waals surface area contributed by atoms with Gasteiger partial charge in [0.05, 0.1) is 11.4 Å². The van der Waals surface area contributed by atoms with E-state index in [1.165, 1.54) is 0 Å². The van der Waals surface area contributed by atoms with Crippen molar-refractivity contribution < 1.29 is 4.79 Å². The van der Waals surface area contributed by atoms with E-state index in [-0.39, 0.29) is 6.03 Å². The van der Waals surface area contributed by atoms with E-state index < -0.39 is 0 Å². The fourth-order valence-electron chi connectivity index (χ4n) is 2.98. The van der Waals surface area contributed by atoms with E-state index in [4.69, 9.17) is 0 Å². The summed E-state index contributed by atoms with van der Waals surface area (Å²) in [5.74, 6) is 0. The molecule has 0 aliphatic rings. The number of carbonyl (C=O) groups is 1. The molecule has 0 unspecified atom stereocenters. The van der Waals surface area contributed by atoms with Crippen molar-refractivity contribution >= 4 is 33.9 Å². The Morgan fingerprint density at radius 3 is 1.77 bits per heavy atom. The molecule has 0 heterocycles. The number of nitrogens with one attached hydrogen (secondary N) is 1. The van der Waals surface area contributed by atoms with E-state index in [2.05, 4.69) is 11.4 Å². The summed E-state index contributed by atoms with van der Waals surface area (Å²) in [6.07, 6.45) is 0. The van der Waals surface area contributed by atoms with Crippen LogP contribution < -0.4 is 10.2 Å². The summed E-state index contributed by atoms with van der Waals surface area (Å²) < 4.78 is 0. The van der Waals surface area contributed by atoms with E-state index in [0.717, 1.165) is 27.8 Å². The van der Waals surface area contributed by atoms with Crippen LogP contribution in [0.1, 0.15) is 0 Å².